The first-order valence-corrected chi connectivity index (χ1v) is 13.3. The predicted octanol–water partition coefficient (Wildman–Crippen LogP) is 6.64. The highest BCUT2D eigenvalue weighted by Gasteiger charge is 2.58. The Morgan fingerprint density at radius 1 is 1.22 bits per heavy atom. The van der Waals surface area contributed by atoms with Crippen LogP contribution in [0.1, 0.15) is 77.0 Å². The summed E-state index contributed by atoms with van der Waals surface area (Å²) >= 11 is 0. The zero-order chi connectivity index (χ0) is 25.6. The zero-order valence-corrected chi connectivity index (χ0v) is 21.8. The lowest BCUT2D eigenvalue weighted by molar-refractivity contribution is -0.169. The monoisotopic (exact) mass is 491 g/mol. The minimum atomic E-state index is -0.498. The third-order valence-corrected chi connectivity index (χ3v) is 9.49. The Morgan fingerprint density at radius 3 is 2.75 bits per heavy atom. The summed E-state index contributed by atoms with van der Waals surface area (Å²) in [5.74, 6) is 0.506. The van der Waals surface area contributed by atoms with Crippen LogP contribution < -0.4 is 0 Å². The van der Waals surface area contributed by atoms with Crippen LogP contribution in [0.15, 0.2) is 54.8 Å². The molecule has 5 atom stereocenters. The largest absolute Gasteiger partial charge is 0.459 e. The minimum absolute atomic E-state index is 0.0513. The maximum Gasteiger partial charge on any atom is 0.312 e. The number of hydrogen-bond acceptors (Lipinski definition) is 4. The van der Waals surface area contributed by atoms with Gasteiger partial charge in [0.2, 0.25) is 0 Å². The number of carbonyl (C=O) groups is 1. The normalized spacial score (nSPS) is 33.7. The molecule has 36 heavy (non-hydrogen) atoms. The summed E-state index contributed by atoms with van der Waals surface area (Å²) in [6, 6.07) is 6.32. The molecule has 1 heterocycles. The summed E-state index contributed by atoms with van der Waals surface area (Å²) in [5.41, 5.74) is 2.87. The van der Waals surface area contributed by atoms with E-state index >= 15 is 0 Å². The van der Waals surface area contributed by atoms with Gasteiger partial charge in [0.15, 0.2) is 0 Å². The van der Waals surface area contributed by atoms with Crippen LogP contribution in [0.2, 0.25) is 0 Å². The number of nitrogens with zero attached hydrogens (tertiary/aromatic N) is 3. The lowest BCUT2D eigenvalue weighted by atomic mass is 9.46. The molecule has 1 aromatic heterocycles. The third kappa shape index (κ3) is 4.44. The second-order valence-corrected chi connectivity index (χ2v) is 12.1. The van der Waals surface area contributed by atoms with E-state index in [0.29, 0.717) is 18.2 Å². The Labute approximate surface area is 213 Å². The highest BCUT2D eigenvalue weighted by Crippen LogP contribution is 2.64. The van der Waals surface area contributed by atoms with Gasteiger partial charge in [0.05, 0.1) is 18.2 Å². The Balaban J connectivity index is 1.27. The first kappa shape index (κ1) is 24.9. The number of carbonyl (C=O) groups excluding carboxylic acids is 1. The average molecular weight is 492 g/mol. The molecule has 5 rings (SSSR count). The van der Waals surface area contributed by atoms with Gasteiger partial charge in [0.1, 0.15) is 18.1 Å². The number of esters is 1. The molecule has 5 nitrogen and oxygen atoms in total. The van der Waals surface area contributed by atoms with Crippen LogP contribution in [0.5, 0.6) is 0 Å². The minimum Gasteiger partial charge on any atom is -0.459 e. The molecule has 192 valence electrons. The van der Waals surface area contributed by atoms with Gasteiger partial charge in [-0.1, -0.05) is 55.3 Å². The molecule has 0 N–H and O–H groups in total. The van der Waals surface area contributed by atoms with Gasteiger partial charge >= 0.3 is 5.97 Å². The van der Waals surface area contributed by atoms with Crippen LogP contribution in [0.4, 0.5) is 4.39 Å². The first-order valence-electron chi connectivity index (χ1n) is 13.3. The summed E-state index contributed by atoms with van der Waals surface area (Å²) < 4.78 is 20.7. The Morgan fingerprint density at radius 2 is 2.00 bits per heavy atom. The van der Waals surface area contributed by atoms with E-state index in [1.807, 2.05) is 0 Å². The van der Waals surface area contributed by atoms with E-state index in [1.54, 1.807) is 28.6 Å². The van der Waals surface area contributed by atoms with Gasteiger partial charge in [-0.3, -0.25) is 4.79 Å². The van der Waals surface area contributed by atoms with Crippen LogP contribution in [0.25, 0.3) is 0 Å². The van der Waals surface area contributed by atoms with Crippen molar-refractivity contribution in [2.75, 3.05) is 0 Å². The van der Waals surface area contributed by atoms with Crippen LogP contribution in [-0.4, -0.2) is 21.0 Å². The standard InChI is InChI=1S/C30H38FN3O2/c1-5-28(2)16-13-25-22(17-28)9-12-26-29(25,3)14-6-15-30(26,4)27(35)36-20-24-19-34(33-32-24)18-21-7-10-23(31)11-8-21/h5,7-8,10-11,13,19,22,26H,1,6,9,12,14-18,20H2,2-4H3/t22-,26-,28-,29-,30+/m0/s1. The highest BCUT2D eigenvalue weighted by atomic mass is 19.1. The molecule has 0 bridgehead atoms. The lowest BCUT2D eigenvalue weighted by Gasteiger charge is -2.58. The van der Waals surface area contributed by atoms with E-state index in [2.05, 4.69) is 49.8 Å². The van der Waals surface area contributed by atoms with Gasteiger partial charge in [-0.2, -0.15) is 0 Å². The van der Waals surface area contributed by atoms with Crippen molar-refractivity contribution in [1.82, 2.24) is 15.0 Å². The van der Waals surface area contributed by atoms with Crippen LogP contribution in [-0.2, 0) is 22.7 Å². The van der Waals surface area contributed by atoms with Crippen LogP contribution in [0, 0.1) is 33.9 Å². The highest BCUT2D eigenvalue weighted by molar-refractivity contribution is 5.77. The van der Waals surface area contributed by atoms with Gasteiger partial charge in [-0.25, -0.2) is 9.07 Å². The smallest absolute Gasteiger partial charge is 0.312 e. The quantitative estimate of drug-likeness (QED) is 0.336. The van der Waals surface area contributed by atoms with Crippen molar-refractivity contribution in [3.63, 3.8) is 0 Å². The Kier molecular flexibility index (Phi) is 6.42. The van der Waals surface area contributed by atoms with E-state index in [9.17, 15) is 9.18 Å². The topological polar surface area (TPSA) is 57.0 Å². The summed E-state index contributed by atoms with van der Waals surface area (Å²) in [6.45, 7) is 11.5. The molecule has 3 aliphatic rings. The second-order valence-electron chi connectivity index (χ2n) is 12.1. The average Bonchev–Trinajstić information content (AvgIpc) is 3.30. The van der Waals surface area contributed by atoms with Gasteiger partial charge in [-0.05, 0) is 85.8 Å². The molecule has 0 amide bonds. The second kappa shape index (κ2) is 9.28. The van der Waals surface area contributed by atoms with Crippen molar-refractivity contribution < 1.29 is 13.9 Å². The summed E-state index contributed by atoms with van der Waals surface area (Å²) in [7, 11) is 0. The number of benzene rings is 1. The van der Waals surface area contributed by atoms with E-state index in [-0.39, 0.29) is 35.1 Å². The molecule has 3 aliphatic carbocycles. The molecule has 0 aliphatic heterocycles. The predicted molar refractivity (Wildman–Crippen MR) is 137 cm³/mol. The fourth-order valence-electron chi connectivity index (χ4n) is 7.42. The lowest BCUT2D eigenvalue weighted by Crippen LogP contribution is -2.53. The van der Waals surface area contributed by atoms with Crippen molar-refractivity contribution in [3.8, 4) is 0 Å². The van der Waals surface area contributed by atoms with Gasteiger partial charge in [0.25, 0.3) is 0 Å². The molecular weight excluding hydrogens is 453 g/mol. The van der Waals surface area contributed by atoms with Gasteiger partial charge < -0.3 is 4.74 Å². The molecule has 6 heteroatoms. The number of allylic oxidation sites excluding steroid dienone is 3. The van der Waals surface area contributed by atoms with Crippen molar-refractivity contribution >= 4 is 5.97 Å². The number of fused-ring (bicyclic) bond motifs is 3. The summed E-state index contributed by atoms with van der Waals surface area (Å²) in [5, 5.41) is 8.33. The maximum atomic E-state index is 13.6. The first-order chi connectivity index (χ1) is 17.1. The number of halogens is 1. The summed E-state index contributed by atoms with van der Waals surface area (Å²) in [6.07, 6.45) is 13.9. The third-order valence-electron chi connectivity index (χ3n) is 9.49. The van der Waals surface area contributed by atoms with E-state index in [0.717, 1.165) is 44.1 Å². The number of aromatic nitrogens is 3. The molecule has 2 saturated carbocycles. The van der Waals surface area contributed by atoms with E-state index < -0.39 is 5.41 Å². The van der Waals surface area contributed by atoms with Crippen LogP contribution >= 0.6 is 0 Å². The fourth-order valence-corrected chi connectivity index (χ4v) is 7.42. The molecule has 1 aromatic carbocycles. The molecule has 2 fully saturated rings. The molecule has 0 unspecified atom stereocenters. The van der Waals surface area contributed by atoms with Gasteiger partial charge in [-0.15, -0.1) is 11.7 Å². The SMILES string of the molecule is C=C[C@@]1(C)CC=C2[C@@H](CC[C@@H]3[C@](C)(C(=O)OCc4cn(Cc5ccc(F)cc5)nn4)CCC[C@@]23C)C1. The molecular formula is C30H38FN3O2. The molecule has 0 saturated heterocycles. The molecule has 2 aromatic rings. The summed E-state index contributed by atoms with van der Waals surface area (Å²) in [4.78, 5) is 13.6. The van der Waals surface area contributed by atoms with Crippen molar-refractivity contribution in [1.29, 1.82) is 0 Å². The van der Waals surface area contributed by atoms with E-state index in [4.69, 9.17) is 4.74 Å². The number of rotatable bonds is 6. The number of hydrogen-bond donors (Lipinski definition) is 0. The number of ether oxygens (including phenoxy) is 1. The van der Waals surface area contributed by atoms with Crippen molar-refractivity contribution in [3.05, 3.63) is 71.8 Å². The van der Waals surface area contributed by atoms with Crippen LogP contribution in [0.3, 0.4) is 0 Å². The molecule has 0 spiro atoms. The van der Waals surface area contributed by atoms with Crippen molar-refractivity contribution in [2.24, 2.45) is 28.1 Å². The fraction of sp³-hybridized carbons (Fsp3) is 0.567. The maximum absolute atomic E-state index is 13.6. The zero-order valence-electron chi connectivity index (χ0n) is 21.8. The van der Waals surface area contributed by atoms with Gasteiger partial charge in [0, 0.05) is 0 Å². The van der Waals surface area contributed by atoms with E-state index in [1.165, 1.54) is 18.6 Å². The Hall–Kier alpha value is -2.76. The molecule has 0 radical (unpaired) electrons. The van der Waals surface area contributed by atoms with Crippen molar-refractivity contribution in [2.45, 2.75) is 78.9 Å². The Bertz CT molecular complexity index is 1170.